The third kappa shape index (κ3) is 2.54. The molecule has 0 aliphatic rings. The van der Waals surface area contributed by atoms with Crippen LogP contribution in [-0.2, 0) is 0 Å². The molecule has 0 saturated carbocycles. The summed E-state index contributed by atoms with van der Waals surface area (Å²) in [5.41, 5.74) is 4.31. The number of hydrogen-bond acceptors (Lipinski definition) is 2. The van der Waals surface area contributed by atoms with Crippen LogP contribution in [0.1, 0.15) is 0 Å². The standard InChI is InChI=1S/C18H15NO/c1-20-17-9-5-8-15(12-17)18-11-10-16(13-19-18)14-6-3-2-4-7-14/h2-13H,1H3. The summed E-state index contributed by atoms with van der Waals surface area (Å²) in [6.07, 6.45) is 1.91. The minimum Gasteiger partial charge on any atom is -0.497 e. The van der Waals surface area contributed by atoms with Gasteiger partial charge in [-0.2, -0.15) is 0 Å². The van der Waals surface area contributed by atoms with Crippen molar-refractivity contribution in [3.05, 3.63) is 72.9 Å². The van der Waals surface area contributed by atoms with Crippen molar-refractivity contribution in [1.82, 2.24) is 4.98 Å². The van der Waals surface area contributed by atoms with E-state index in [1.54, 1.807) is 7.11 Å². The first kappa shape index (κ1) is 12.4. The Morgan fingerprint density at radius 3 is 2.25 bits per heavy atom. The molecule has 0 radical (unpaired) electrons. The van der Waals surface area contributed by atoms with Crippen molar-refractivity contribution in [2.24, 2.45) is 0 Å². The predicted octanol–water partition coefficient (Wildman–Crippen LogP) is 4.42. The average molecular weight is 261 g/mol. The molecule has 2 aromatic carbocycles. The van der Waals surface area contributed by atoms with Crippen molar-refractivity contribution in [1.29, 1.82) is 0 Å². The summed E-state index contributed by atoms with van der Waals surface area (Å²) in [5.74, 6) is 0.844. The Bertz CT molecular complexity index is 690. The summed E-state index contributed by atoms with van der Waals surface area (Å²) >= 11 is 0. The average Bonchev–Trinajstić information content (AvgIpc) is 2.56. The van der Waals surface area contributed by atoms with Gasteiger partial charge < -0.3 is 4.74 Å². The van der Waals surface area contributed by atoms with E-state index in [-0.39, 0.29) is 0 Å². The second-order valence-corrected chi connectivity index (χ2v) is 4.53. The van der Waals surface area contributed by atoms with Gasteiger partial charge in [-0.05, 0) is 23.8 Å². The molecule has 0 amide bonds. The van der Waals surface area contributed by atoms with Crippen molar-refractivity contribution < 1.29 is 4.74 Å². The van der Waals surface area contributed by atoms with E-state index >= 15 is 0 Å². The third-order valence-corrected chi connectivity index (χ3v) is 3.24. The predicted molar refractivity (Wildman–Crippen MR) is 81.7 cm³/mol. The molecule has 98 valence electrons. The van der Waals surface area contributed by atoms with E-state index in [4.69, 9.17) is 4.74 Å². The number of pyridine rings is 1. The molecule has 2 heteroatoms. The smallest absolute Gasteiger partial charge is 0.119 e. The first-order valence-electron chi connectivity index (χ1n) is 6.53. The molecule has 0 N–H and O–H groups in total. The summed E-state index contributed by atoms with van der Waals surface area (Å²) < 4.78 is 5.24. The van der Waals surface area contributed by atoms with Gasteiger partial charge in [0.2, 0.25) is 0 Å². The molecule has 2 nitrogen and oxygen atoms in total. The molecule has 0 aliphatic carbocycles. The largest absolute Gasteiger partial charge is 0.497 e. The minimum absolute atomic E-state index is 0.844. The van der Waals surface area contributed by atoms with Crippen LogP contribution in [0.3, 0.4) is 0 Å². The molecule has 0 aliphatic heterocycles. The van der Waals surface area contributed by atoms with Crippen molar-refractivity contribution in [3.8, 4) is 28.1 Å². The zero-order valence-electron chi connectivity index (χ0n) is 11.3. The molecule has 1 aromatic heterocycles. The van der Waals surface area contributed by atoms with Crippen molar-refractivity contribution >= 4 is 0 Å². The maximum absolute atomic E-state index is 5.24. The minimum atomic E-state index is 0.844. The lowest BCUT2D eigenvalue weighted by Crippen LogP contribution is -1.87. The normalized spacial score (nSPS) is 10.2. The first-order chi connectivity index (χ1) is 9.86. The van der Waals surface area contributed by atoms with E-state index in [9.17, 15) is 0 Å². The van der Waals surface area contributed by atoms with Crippen LogP contribution in [0.5, 0.6) is 5.75 Å². The van der Waals surface area contributed by atoms with Crippen LogP contribution in [0.15, 0.2) is 72.9 Å². The second-order valence-electron chi connectivity index (χ2n) is 4.53. The molecule has 0 unspecified atom stereocenters. The number of nitrogens with zero attached hydrogens (tertiary/aromatic N) is 1. The third-order valence-electron chi connectivity index (χ3n) is 3.24. The molecule has 0 bridgehead atoms. The SMILES string of the molecule is COc1cccc(-c2ccc(-c3ccccc3)cn2)c1. The van der Waals surface area contributed by atoms with Gasteiger partial charge in [-0.15, -0.1) is 0 Å². The summed E-state index contributed by atoms with van der Waals surface area (Å²) in [5, 5.41) is 0. The number of methoxy groups -OCH3 is 1. The Kier molecular flexibility index (Phi) is 3.46. The molecule has 20 heavy (non-hydrogen) atoms. The lowest BCUT2D eigenvalue weighted by Gasteiger charge is -2.05. The highest BCUT2D eigenvalue weighted by molar-refractivity contribution is 5.67. The van der Waals surface area contributed by atoms with Gasteiger partial charge in [0.05, 0.1) is 12.8 Å². The fourth-order valence-electron chi connectivity index (χ4n) is 2.15. The maximum atomic E-state index is 5.24. The Morgan fingerprint density at radius 1 is 0.750 bits per heavy atom. The maximum Gasteiger partial charge on any atom is 0.119 e. The van der Waals surface area contributed by atoms with E-state index in [0.29, 0.717) is 0 Å². The highest BCUT2D eigenvalue weighted by Crippen LogP contribution is 2.24. The molecule has 0 fully saturated rings. The number of benzene rings is 2. The van der Waals surface area contributed by atoms with E-state index in [1.807, 2.05) is 54.7 Å². The lowest BCUT2D eigenvalue weighted by atomic mass is 10.1. The number of hydrogen-bond donors (Lipinski definition) is 0. The van der Waals surface area contributed by atoms with Gasteiger partial charge >= 0.3 is 0 Å². The number of rotatable bonds is 3. The van der Waals surface area contributed by atoms with Gasteiger partial charge in [-0.1, -0.05) is 48.5 Å². The topological polar surface area (TPSA) is 22.1 Å². The van der Waals surface area contributed by atoms with E-state index in [1.165, 1.54) is 5.56 Å². The van der Waals surface area contributed by atoms with Crippen LogP contribution in [0.4, 0.5) is 0 Å². The van der Waals surface area contributed by atoms with Gasteiger partial charge in [0.15, 0.2) is 0 Å². The molecule has 0 atom stereocenters. The molecule has 3 aromatic rings. The van der Waals surface area contributed by atoms with Crippen LogP contribution < -0.4 is 4.74 Å². The fraction of sp³-hybridized carbons (Fsp3) is 0.0556. The van der Waals surface area contributed by atoms with E-state index in [0.717, 1.165) is 22.6 Å². The van der Waals surface area contributed by atoms with Gasteiger partial charge in [-0.3, -0.25) is 4.98 Å². The summed E-state index contributed by atoms with van der Waals surface area (Å²) in [4.78, 5) is 4.55. The van der Waals surface area contributed by atoms with Crippen LogP contribution >= 0.6 is 0 Å². The number of ether oxygens (including phenoxy) is 1. The molecule has 1 heterocycles. The lowest BCUT2D eigenvalue weighted by molar-refractivity contribution is 0.415. The number of aromatic nitrogens is 1. The summed E-state index contributed by atoms with van der Waals surface area (Å²) in [6, 6.07) is 22.3. The molecule has 0 saturated heterocycles. The van der Waals surface area contributed by atoms with Gasteiger partial charge in [0.1, 0.15) is 5.75 Å². The summed E-state index contributed by atoms with van der Waals surface area (Å²) in [6.45, 7) is 0. The fourth-order valence-corrected chi connectivity index (χ4v) is 2.15. The monoisotopic (exact) mass is 261 g/mol. The van der Waals surface area contributed by atoms with Crippen LogP contribution in [0, 0.1) is 0 Å². The van der Waals surface area contributed by atoms with Gasteiger partial charge in [0, 0.05) is 17.3 Å². The first-order valence-corrected chi connectivity index (χ1v) is 6.53. The Labute approximate surface area is 118 Å². The second kappa shape index (κ2) is 5.57. The van der Waals surface area contributed by atoms with Gasteiger partial charge in [0.25, 0.3) is 0 Å². The quantitative estimate of drug-likeness (QED) is 0.696. The molecular formula is C18H15NO. The highest BCUT2D eigenvalue weighted by atomic mass is 16.5. The van der Waals surface area contributed by atoms with E-state index < -0.39 is 0 Å². The summed E-state index contributed by atoms with van der Waals surface area (Å²) in [7, 11) is 1.67. The zero-order chi connectivity index (χ0) is 13.8. The molecule has 3 rings (SSSR count). The van der Waals surface area contributed by atoms with Crippen LogP contribution in [0.2, 0.25) is 0 Å². The highest BCUT2D eigenvalue weighted by Gasteiger charge is 2.02. The van der Waals surface area contributed by atoms with Crippen molar-refractivity contribution in [2.45, 2.75) is 0 Å². The van der Waals surface area contributed by atoms with Crippen molar-refractivity contribution in [3.63, 3.8) is 0 Å². The molecular weight excluding hydrogens is 246 g/mol. The van der Waals surface area contributed by atoms with Crippen molar-refractivity contribution in [2.75, 3.05) is 7.11 Å². The van der Waals surface area contributed by atoms with E-state index in [2.05, 4.69) is 23.2 Å². The zero-order valence-corrected chi connectivity index (χ0v) is 11.3. The van der Waals surface area contributed by atoms with Crippen LogP contribution in [0.25, 0.3) is 22.4 Å². The van der Waals surface area contributed by atoms with Crippen LogP contribution in [-0.4, -0.2) is 12.1 Å². The van der Waals surface area contributed by atoms with Gasteiger partial charge in [-0.25, -0.2) is 0 Å². The Hall–Kier alpha value is -2.61. The Balaban J connectivity index is 1.93. The Morgan fingerprint density at radius 2 is 1.55 bits per heavy atom. The molecule has 0 spiro atoms.